The van der Waals surface area contributed by atoms with Gasteiger partial charge in [-0.1, -0.05) is 11.8 Å². The van der Waals surface area contributed by atoms with E-state index in [0.29, 0.717) is 13.0 Å². The smallest absolute Gasteiger partial charge is 0.387 e. The van der Waals surface area contributed by atoms with E-state index in [1.54, 1.807) is 7.05 Å². The number of ether oxygens (including phenoxy) is 2. The third-order valence-corrected chi connectivity index (χ3v) is 7.56. The van der Waals surface area contributed by atoms with Crippen LogP contribution >= 0.6 is 7.82 Å². The van der Waals surface area contributed by atoms with E-state index in [1.807, 2.05) is 0 Å². The molecule has 0 aromatic carbocycles. The fourth-order valence-corrected chi connectivity index (χ4v) is 5.06. The first-order chi connectivity index (χ1) is 21.4. The molecule has 2 aliphatic rings. The first-order valence-electron chi connectivity index (χ1n) is 13.6. The first-order valence-corrected chi connectivity index (χ1v) is 15.1. The molecular formula is C25H37N6O13P. The lowest BCUT2D eigenvalue weighted by atomic mass is 10.0. The Morgan fingerprint density at radius 3 is 2.76 bits per heavy atom. The number of aliphatic hydroxyl groups excluding tert-OH is 3. The summed E-state index contributed by atoms with van der Waals surface area (Å²) >= 11 is 0. The average Bonchev–Trinajstić information content (AvgIpc) is 3.58. The van der Waals surface area contributed by atoms with E-state index in [9.17, 15) is 34.1 Å². The topological polar surface area (TPSA) is 289 Å². The van der Waals surface area contributed by atoms with Crippen molar-refractivity contribution in [2.45, 2.75) is 56.3 Å². The third kappa shape index (κ3) is 9.95. The van der Waals surface area contributed by atoms with Crippen LogP contribution in [-0.4, -0.2) is 113 Å². The van der Waals surface area contributed by atoms with Crippen LogP contribution in [0.1, 0.15) is 47.8 Å². The molecule has 3 rings (SSSR count). The van der Waals surface area contributed by atoms with Gasteiger partial charge < -0.3 is 50.6 Å². The molecule has 10 N–H and O–H groups in total. The molecule has 0 bridgehead atoms. The number of carbonyl (C=O) groups excluding carboxylic acids is 3. The van der Waals surface area contributed by atoms with E-state index in [-0.39, 0.29) is 54.4 Å². The molecule has 19 nitrogen and oxygen atoms in total. The molecular weight excluding hydrogens is 623 g/mol. The van der Waals surface area contributed by atoms with Crippen LogP contribution in [0.15, 0.2) is 11.2 Å². The van der Waals surface area contributed by atoms with Gasteiger partial charge in [0.2, 0.25) is 0 Å². The predicted molar refractivity (Wildman–Crippen MR) is 152 cm³/mol. The number of nitrogens with one attached hydrogen (secondary N) is 2. The van der Waals surface area contributed by atoms with Gasteiger partial charge in [-0.2, -0.15) is 0 Å². The Morgan fingerprint density at radius 1 is 1.31 bits per heavy atom. The van der Waals surface area contributed by atoms with E-state index in [2.05, 4.69) is 36.7 Å². The van der Waals surface area contributed by atoms with Crippen molar-refractivity contribution >= 4 is 36.9 Å². The highest BCUT2D eigenvalue weighted by Gasteiger charge is 2.41. The van der Waals surface area contributed by atoms with E-state index in [1.165, 1.54) is 10.8 Å². The Balaban J connectivity index is 1.71. The highest BCUT2D eigenvalue weighted by molar-refractivity contribution is 7.47. The van der Waals surface area contributed by atoms with Crippen molar-refractivity contribution in [3.05, 3.63) is 17.3 Å². The molecule has 1 fully saturated rings. The summed E-state index contributed by atoms with van der Waals surface area (Å²) < 4.78 is 33.4. The summed E-state index contributed by atoms with van der Waals surface area (Å²) in [5, 5.41) is 33.8. The maximum Gasteiger partial charge on any atom is 0.474 e. The number of amides is 1. The van der Waals surface area contributed by atoms with Crippen LogP contribution in [0.2, 0.25) is 0 Å². The van der Waals surface area contributed by atoms with E-state index in [4.69, 9.17) is 30.8 Å². The van der Waals surface area contributed by atoms with Crippen LogP contribution in [0.5, 0.6) is 0 Å². The number of nitrogens with zero attached hydrogens (tertiary/aromatic N) is 2. The monoisotopic (exact) mass is 660 g/mol. The van der Waals surface area contributed by atoms with Crippen LogP contribution in [0.25, 0.3) is 0 Å². The first kappa shape index (κ1) is 36.4. The maximum absolute atomic E-state index is 12.9. The number of nitrogens with two attached hydrogens (primary N) is 2. The Kier molecular flexibility index (Phi) is 13.7. The SMILES string of the molecule is CNCCCC(=O)C(O)C(O)C(=O)NCC#Cc1cn([C@H]2CC(ON)[C@@H](COP(=O)(O)OCOCO)O2)c2c1C(=O)CC(N)=N2. The number of ketones is 2. The number of aliphatic imine (C=N–C) groups is 1. The van der Waals surface area contributed by atoms with Gasteiger partial charge in [-0.15, -0.1) is 0 Å². The molecule has 250 valence electrons. The van der Waals surface area contributed by atoms with Crippen molar-refractivity contribution in [3.63, 3.8) is 0 Å². The van der Waals surface area contributed by atoms with Crippen molar-refractivity contribution in [2.24, 2.45) is 16.6 Å². The standard InChI is InChI=1S/C25H37N6O13P/c1-28-6-3-5-15(33)22(35)23(36)25(37)29-7-2-4-14-10-31(24-21(14)16(34)8-19(26)30-24)20-9-17(44-27)18(43-20)11-41-45(38,39)42-13-40-12-32/h10,17-18,20,22-23,28,32,35-36H,3,5-9,11-13,27H2,1H3,(H2,26,30)(H,29,37)(H,38,39)/t17?,18-,20-,22?,23?/m1/s1. The Bertz CT molecular complexity index is 1360. The zero-order chi connectivity index (χ0) is 33.1. The Morgan fingerprint density at radius 2 is 2.07 bits per heavy atom. The molecule has 20 heteroatoms. The normalized spacial score (nSPS) is 22.0. The van der Waals surface area contributed by atoms with Gasteiger partial charge in [-0.05, 0) is 20.0 Å². The summed E-state index contributed by atoms with van der Waals surface area (Å²) in [6.45, 7) is -1.71. The molecule has 0 saturated carbocycles. The van der Waals surface area contributed by atoms with Crippen molar-refractivity contribution < 1.29 is 62.5 Å². The van der Waals surface area contributed by atoms with Gasteiger partial charge in [-0.3, -0.25) is 28.3 Å². The Hall–Kier alpha value is -3.09. The molecule has 0 spiro atoms. The van der Waals surface area contributed by atoms with Crippen LogP contribution in [0, 0.1) is 11.8 Å². The molecule has 4 unspecified atom stereocenters. The quantitative estimate of drug-likeness (QED) is 0.0280. The lowest BCUT2D eigenvalue weighted by Gasteiger charge is -2.19. The summed E-state index contributed by atoms with van der Waals surface area (Å²) in [7, 11) is -2.88. The van der Waals surface area contributed by atoms with Crippen molar-refractivity contribution in [1.82, 2.24) is 15.2 Å². The summed E-state index contributed by atoms with van der Waals surface area (Å²) in [4.78, 5) is 56.2. The van der Waals surface area contributed by atoms with Crippen molar-refractivity contribution in [1.29, 1.82) is 0 Å². The van der Waals surface area contributed by atoms with Gasteiger partial charge in [0.25, 0.3) is 5.91 Å². The van der Waals surface area contributed by atoms with Crippen LogP contribution in [0.4, 0.5) is 5.82 Å². The summed E-state index contributed by atoms with van der Waals surface area (Å²) in [5.41, 5.74) is 6.21. The molecule has 45 heavy (non-hydrogen) atoms. The van der Waals surface area contributed by atoms with Crippen LogP contribution < -0.4 is 22.3 Å². The summed E-state index contributed by atoms with van der Waals surface area (Å²) in [6.07, 6.45) is -4.75. The number of carbonyl (C=O) groups is 3. The molecule has 3 heterocycles. The predicted octanol–water partition coefficient (Wildman–Crippen LogP) is -2.57. The minimum absolute atomic E-state index is 0.0244. The zero-order valence-corrected chi connectivity index (χ0v) is 25.2. The van der Waals surface area contributed by atoms with Crippen LogP contribution in [0.3, 0.4) is 0 Å². The molecule has 0 radical (unpaired) electrons. The number of fused-ring (bicyclic) bond motifs is 1. The summed E-state index contributed by atoms with van der Waals surface area (Å²) in [6, 6.07) is 0. The number of hydrogen-bond acceptors (Lipinski definition) is 16. The van der Waals surface area contributed by atoms with E-state index in [0.717, 1.165) is 0 Å². The zero-order valence-electron chi connectivity index (χ0n) is 24.3. The van der Waals surface area contributed by atoms with Gasteiger partial charge in [0.1, 0.15) is 43.0 Å². The number of amidine groups is 1. The van der Waals surface area contributed by atoms with Gasteiger partial charge in [-0.25, -0.2) is 15.5 Å². The lowest BCUT2D eigenvalue weighted by Crippen LogP contribution is -2.45. The molecule has 1 amide bonds. The van der Waals surface area contributed by atoms with Crippen LogP contribution in [-0.2, 0) is 37.5 Å². The number of aromatic nitrogens is 1. The largest absolute Gasteiger partial charge is 0.474 e. The molecule has 1 aromatic rings. The number of Topliss-reactive ketones (excluding diaryl/α,β-unsaturated/α-hetero) is 2. The van der Waals surface area contributed by atoms with E-state index >= 15 is 0 Å². The van der Waals surface area contributed by atoms with Gasteiger partial charge >= 0.3 is 7.82 Å². The van der Waals surface area contributed by atoms with Gasteiger partial charge in [0.05, 0.1) is 30.7 Å². The van der Waals surface area contributed by atoms with Gasteiger partial charge in [0, 0.05) is 19.0 Å². The fraction of sp³-hybridized carbons (Fsp3) is 0.600. The molecule has 2 aliphatic heterocycles. The minimum atomic E-state index is -4.58. The second-order valence-electron chi connectivity index (χ2n) is 9.82. The van der Waals surface area contributed by atoms with E-state index < -0.39 is 70.3 Å². The number of phosphoric ester groups is 1. The molecule has 1 aromatic heterocycles. The highest BCUT2D eigenvalue weighted by Crippen LogP contribution is 2.45. The molecule has 1 saturated heterocycles. The number of hydrogen-bond donors (Lipinski definition) is 8. The maximum atomic E-state index is 12.9. The van der Waals surface area contributed by atoms with Gasteiger partial charge in [0.15, 0.2) is 24.5 Å². The van der Waals surface area contributed by atoms with Crippen molar-refractivity contribution in [2.75, 3.05) is 40.3 Å². The number of phosphoric acid groups is 1. The average molecular weight is 661 g/mol. The lowest BCUT2D eigenvalue weighted by molar-refractivity contribution is -0.144. The fourth-order valence-electron chi connectivity index (χ4n) is 4.44. The molecule has 6 atom stereocenters. The Labute approximate surface area is 257 Å². The third-order valence-electron chi connectivity index (χ3n) is 6.66. The molecule has 0 aliphatic carbocycles. The summed E-state index contributed by atoms with van der Waals surface area (Å²) in [5.74, 6) is 8.93. The van der Waals surface area contributed by atoms with Crippen molar-refractivity contribution in [3.8, 4) is 11.8 Å². The second-order valence-corrected chi connectivity index (χ2v) is 11.3. The minimum Gasteiger partial charge on any atom is -0.387 e. The number of aliphatic hydroxyl groups is 3. The second kappa shape index (κ2) is 17.0. The highest BCUT2D eigenvalue weighted by atomic mass is 31.2. The number of rotatable bonds is 17.